The Kier molecular flexibility index (Phi) is 3.38. The Hall–Kier alpha value is -1.59. The van der Waals surface area contributed by atoms with Crippen molar-refractivity contribution in [1.29, 1.82) is 5.26 Å². The lowest BCUT2D eigenvalue weighted by Gasteiger charge is -2.09. The number of rotatable bonds is 2. The van der Waals surface area contributed by atoms with E-state index in [-0.39, 0.29) is 5.92 Å². The fraction of sp³-hybridized carbons (Fsp3) is 0.0714. The van der Waals surface area contributed by atoms with Crippen molar-refractivity contribution in [3.63, 3.8) is 0 Å². The van der Waals surface area contributed by atoms with Crippen molar-refractivity contribution in [1.82, 2.24) is 0 Å². The molecular formula is C14H10BrN. The molecule has 0 spiro atoms. The summed E-state index contributed by atoms with van der Waals surface area (Å²) in [7, 11) is 0. The molecule has 0 unspecified atom stereocenters. The third kappa shape index (κ3) is 2.32. The minimum Gasteiger partial charge on any atom is -0.197 e. The third-order valence-electron chi connectivity index (χ3n) is 2.47. The summed E-state index contributed by atoms with van der Waals surface area (Å²) in [5.41, 5.74) is 2.06. The van der Waals surface area contributed by atoms with Crippen LogP contribution in [0.2, 0.25) is 0 Å². The molecule has 1 nitrogen and oxygen atoms in total. The molecule has 16 heavy (non-hydrogen) atoms. The molecule has 0 aliphatic rings. The highest BCUT2D eigenvalue weighted by Gasteiger charge is 2.12. The van der Waals surface area contributed by atoms with Gasteiger partial charge in [-0.3, -0.25) is 0 Å². The van der Waals surface area contributed by atoms with Crippen LogP contribution in [0.15, 0.2) is 59.1 Å². The molecule has 0 bridgehead atoms. The normalized spacial score (nSPS) is 11.8. The molecule has 0 radical (unpaired) electrons. The van der Waals surface area contributed by atoms with Crippen molar-refractivity contribution in [2.75, 3.05) is 0 Å². The monoisotopic (exact) mass is 271 g/mol. The van der Waals surface area contributed by atoms with Crippen LogP contribution in [0, 0.1) is 11.3 Å². The van der Waals surface area contributed by atoms with E-state index < -0.39 is 0 Å². The lowest BCUT2D eigenvalue weighted by molar-refractivity contribution is 1.04. The van der Waals surface area contributed by atoms with Crippen LogP contribution in [-0.4, -0.2) is 0 Å². The number of hydrogen-bond donors (Lipinski definition) is 0. The molecule has 2 aromatic rings. The molecule has 2 heteroatoms. The molecule has 0 aromatic heterocycles. The molecule has 0 heterocycles. The summed E-state index contributed by atoms with van der Waals surface area (Å²) in [6.07, 6.45) is 0. The molecule has 0 N–H and O–H groups in total. The van der Waals surface area contributed by atoms with Gasteiger partial charge in [0.2, 0.25) is 0 Å². The van der Waals surface area contributed by atoms with E-state index in [9.17, 15) is 5.26 Å². The van der Waals surface area contributed by atoms with Gasteiger partial charge in [-0.15, -0.1) is 0 Å². The SMILES string of the molecule is N#C[C@H](c1ccccc1)c1ccc(Br)cc1. The molecule has 0 amide bonds. The summed E-state index contributed by atoms with van der Waals surface area (Å²) in [6.45, 7) is 0. The topological polar surface area (TPSA) is 23.8 Å². The third-order valence-corrected chi connectivity index (χ3v) is 2.99. The Morgan fingerprint density at radius 3 is 2.00 bits per heavy atom. The highest BCUT2D eigenvalue weighted by molar-refractivity contribution is 9.10. The van der Waals surface area contributed by atoms with Crippen molar-refractivity contribution >= 4 is 15.9 Å². The van der Waals surface area contributed by atoms with Gasteiger partial charge in [0.1, 0.15) is 0 Å². The maximum Gasteiger partial charge on any atom is 0.0962 e. The first kappa shape index (κ1) is 10.9. The summed E-state index contributed by atoms with van der Waals surface area (Å²) < 4.78 is 1.03. The van der Waals surface area contributed by atoms with Crippen LogP contribution < -0.4 is 0 Å². The van der Waals surface area contributed by atoms with Gasteiger partial charge in [-0.1, -0.05) is 58.4 Å². The largest absolute Gasteiger partial charge is 0.197 e. The van der Waals surface area contributed by atoms with Gasteiger partial charge in [-0.05, 0) is 23.3 Å². The van der Waals surface area contributed by atoms with Gasteiger partial charge >= 0.3 is 0 Å². The van der Waals surface area contributed by atoms with Gasteiger partial charge < -0.3 is 0 Å². The molecule has 0 aliphatic heterocycles. The van der Waals surface area contributed by atoms with Gasteiger partial charge in [0, 0.05) is 4.47 Å². The second-order valence-electron chi connectivity index (χ2n) is 3.52. The lowest BCUT2D eigenvalue weighted by atomic mass is 9.93. The summed E-state index contributed by atoms with van der Waals surface area (Å²) in [5.74, 6) is -0.186. The fourth-order valence-electron chi connectivity index (χ4n) is 1.64. The molecule has 0 fully saturated rings. The van der Waals surface area contributed by atoms with Crippen molar-refractivity contribution < 1.29 is 0 Å². The molecule has 2 aromatic carbocycles. The van der Waals surface area contributed by atoms with Gasteiger partial charge in [-0.25, -0.2) is 0 Å². The first-order valence-electron chi connectivity index (χ1n) is 5.01. The van der Waals surface area contributed by atoms with Crippen LogP contribution in [0.1, 0.15) is 17.0 Å². The number of nitrogens with zero attached hydrogens (tertiary/aromatic N) is 1. The average Bonchev–Trinajstić information content (AvgIpc) is 2.34. The van der Waals surface area contributed by atoms with Crippen LogP contribution in [0.5, 0.6) is 0 Å². The Labute approximate surface area is 103 Å². The zero-order valence-corrected chi connectivity index (χ0v) is 10.2. The lowest BCUT2D eigenvalue weighted by Crippen LogP contribution is -1.97. The van der Waals surface area contributed by atoms with E-state index in [1.54, 1.807) is 0 Å². The molecule has 0 saturated carbocycles. The van der Waals surface area contributed by atoms with E-state index in [2.05, 4.69) is 22.0 Å². The second kappa shape index (κ2) is 4.96. The van der Waals surface area contributed by atoms with E-state index in [1.807, 2.05) is 54.6 Å². The Bertz CT molecular complexity index is 497. The van der Waals surface area contributed by atoms with Crippen LogP contribution in [0.4, 0.5) is 0 Å². The molecule has 0 aliphatic carbocycles. The second-order valence-corrected chi connectivity index (χ2v) is 4.44. The van der Waals surface area contributed by atoms with E-state index in [0.29, 0.717) is 0 Å². The van der Waals surface area contributed by atoms with E-state index in [0.717, 1.165) is 15.6 Å². The van der Waals surface area contributed by atoms with Crippen molar-refractivity contribution in [2.45, 2.75) is 5.92 Å². The van der Waals surface area contributed by atoms with Crippen LogP contribution in [0.25, 0.3) is 0 Å². The zero-order valence-electron chi connectivity index (χ0n) is 8.60. The summed E-state index contributed by atoms with van der Waals surface area (Å²) in [6, 6.07) is 20.1. The van der Waals surface area contributed by atoms with Gasteiger partial charge in [0.05, 0.1) is 12.0 Å². The minimum atomic E-state index is -0.186. The van der Waals surface area contributed by atoms with Crippen molar-refractivity contribution in [2.24, 2.45) is 0 Å². The standard InChI is InChI=1S/C14H10BrN/c15-13-8-6-12(7-9-13)14(10-16)11-4-2-1-3-5-11/h1-9,14H/t14-/m1/s1. The predicted molar refractivity (Wildman–Crippen MR) is 68.0 cm³/mol. The maximum atomic E-state index is 9.24. The molecule has 0 saturated heterocycles. The van der Waals surface area contributed by atoms with Crippen LogP contribution in [0.3, 0.4) is 0 Å². The molecular weight excluding hydrogens is 262 g/mol. The number of halogens is 1. The van der Waals surface area contributed by atoms with Crippen molar-refractivity contribution in [3.05, 3.63) is 70.2 Å². The molecule has 2 rings (SSSR count). The number of hydrogen-bond acceptors (Lipinski definition) is 1. The summed E-state index contributed by atoms with van der Waals surface area (Å²) in [5, 5.41) is 9.24. The smallest absolute Gasteiger partial charge is 0.0962 e. The van der Waals surface area contributed by atoms with Gasteiger partial charge in [-0.2, -0.15) is 5.26 Å². The van der Waals surface area contributed by atoms with Crippen molar-refractivity contribution in [3.8, 4) is 6.07 Å². The van der Waals surface area contributed by atoms with E-state index in [4.69, 9.17) is 0 Å². The number of nitriles is 1. The highest BCUT2D eigenvalue weighted by atomic mass is 79.9. The summed E-state index contributed by atoms with van der Waals surface area (Å²) in [4.78, 5) is 0. The Morgan fingerprint density at radius 1 is 0.875 bits per heavy atom. The summed E-state index contributed by atoms with van der Waals surface area (Å²) >= 11 is 3.39. The quantitative estimate of drug-likeness (QED) is 0.807. The van der Waals surface area contributed by atoms with Crippen LogP contribution in [-0.2, 0) is 0 Å². The van der Waals surface area contributed by atoms with Gasteiger partial charge in [0.15, 0.2) is 0 Å². The minimum absolute atomic E-state index is 0.186. The zero-order chi connectivity index (χ0) is 11.4. The van der Waals surface area contributed by atoms with Gasteiger partial charge in [0.25, 0.3) is 0 Å². The Balaban J connectivity index is 2.38. The average molecular weight is 272 g/mol. The first-order valence-corrected chi connectivity index (χ1v) is 5.80. The highest BCUT2D eigenvalue weighted by Crippen LogP contribution is 2.24. The van der Waals surface area contributed by atoms with Crippen LogP contribution >= 0.6 is 15.9 Å². The van der Waals surface area contributed by atoms with E-state index >= 15 is 0 Å². The number of benzene rings is 2. The Morgan fingerprint density at radius 2 is 1.44 bits per heavy atom. The first-order chi connectivity index (χ1) is 7.81. The fourth-order valence-corrected chi connectivity index (χ4v) is 1.91. The van der Waals surface area contributed by atoms with E-state index in [1.165, 1.54) is 0 Å². The predicted octanol–water partition coefficient (Wildman–Crippen LogP) is 4.10. The maximum absolute atomic E-state index is 9.24. The molecule has 1 atom stereocenters. The molecule has 78 valence electrons.